The van der Waals surface area contributed by atoms with Gasteiger partial charge >= 0.3 is 0 Å². The molecule has 0 spiro atoms. The van der Waals surface area contributed by atoms with Gasteiger partial charge in [-0.2, -0.15) is 0 Å². The normalized spacial score (nSPS) is 11.3. The highest BCUT2D eigenvalue weighted by molar-refractivity contribution is 6.19. The first-order chi connectivity index (χ1) is 16.3. The number of anilines is 4. The van der Waals surface area contributed by atoms with Crippen molar-refractivity contribution in [2.45, 2.75) is 0 Å². The predicted octanol–water partition coefficient (Wildman–Crippen LogP) is 7.07. The van der Waals surface area contributed by atoms with Gasteiger partial charge in [-0.15, -0.1) is 0 Å². The van der Waals surface area contributed by atoms with Crippen molar-refractivity contribution in [1.82, 2.24) is 0 Å². The fraction of sp³-hybridized carbons (Fsp3) is 0. The zero-order chi connectivity index (χ0) is 22.4. The minimum absolute atomic E-state index is 0.386. The van der Waals surface area contributed by atoms with Gasteiger partial charge in [0.25, 0.3) is 6.47 Å². The lowest BCUT2D eigenvalue weighted by Gasteiger charge is -2.26. The molecule has 0 unspecified atom stereocenters. The number of nitrogen functional groups attached to an aromatic ring is 1. The van der Waals surface area contributed by atoms with Crippen LogP contribution in [0.5, 0.6) is 5.75 Å². The molecule has 0 atom stereocenters. The Bertz CT molecular complexity index is 1470. The SMILES string of the molecule is Nc1c(OC=O)cc2c3c(cccc13)-c1cc(N(c3ccccc3)c3ccccc3)ccc1-2. The van der Waals surface area contributed by atoms with E-state index in [0.717, 1.165) is 50.1 Å². The van der Waals surface area contributed by atoms with Crippen LogP contribution in [0.3, 0.4) is 0 Å². The van der Waals surface area contributed by atoms with E-state index in [0.29, 0.717) is 17.9 Å². The van der Waals surface area contributed by atoms with Gasteiger partial charge in [-0.25, -0.2) is 0 Å². The van der Waals surface area contributed by atoms with E-state index >= 15 is 0 Å². The highest BCUT2D eigenvalue weighted by atomic mass is 16.5. The van der Waals surface area contributed by atoms with Crippen LogP contribution in [0.25, 0.3) is 33.0 Å². The average Bonchev–Trinajstić information content (AvgIpc) is 3.18. The van der Waals surface area contributed by atoms with Gasteiger partial charge in [-0.05, 0) is 70.1 Å². The molecule has 5 aromatic carbocycles. The van der Waals surface area contributed by atoms with Gasteiger partial charge in [-0.3, -0.25) is 4.79 Å². The van der Waals surface area contributed by atoms with E-state index in [-0.39, 0.29) is 0 Å². The van der Waals surface area contributed by atoms with E-state index in [4.69, 9.17) is 10.5 Å². The Hall–Kier alpha value is -4.57. The summed E-state index contributed by atoms with van der Waals surface area (Å²) >= 11 is 0. The van der Waals surface area contributed by atoms with E-state index in [1.807, 2.05) is 54.6 Å². The number of carbonyl (C=O) groups is 1. The van der Waals surface area contributed by atoms with Crippen molar-refractivity contribution in [2.24, 2.45) is 0 Å². The summed E-state index contributed by atoms with van der Waals surface area (Å²) in [6.07, 6.45) is 0. The number of ether oxygens (including phenoxy) is 1. The standard InChI is InChI=1S/C29H20N2O2/c30-29-24-13-7-12-23-25-16-21(14-15-22(25)26(28(23)24)17-27(29)33-18-32)31(19-8-3-1-4-9-19)20-10-5-2-6-11-20/h1-18H,30H2. The number of hydrogen-bond acceptors (Lipinski definition) is 4. The molecule has 33 heavy (non-hydrogen) atoms. The van der Waals surface area contributed by atoms with Gasteiger partial charge in [0.15, 0.2) is 5.75 Å². The molecule has 4 nitrogen and oxygen atoms in total. The molecule has 0 saturated carbocycles. The number of carbonyl (C=O) groups excluding carboxylic acids is 1. The molecule has 0 bridgehead atoms. The highest BCUT2D eigenvalue weighted by Crippen LogP contribution is 2.52. The molecule has 2 N–H and O–H groups in total. The molecule has 0 amide bonds. The van der Waals surface area contributed by atoms with Gasteiger partial charge in [0.05, 0.1) is 5.69 Å². The fourth-order valence-electron chi connectivity index (χ4n) is 4.80. The van der Waals surface area contributed by atoms with Crippen LogP contribution in [0.2, 0.25) is 0 Å². The van der Waals surface area contributed by atoms with Crippen molar-refractivity contribution >= 4 is 40.0 Å². The number of nitrogens with two attached hydrogens (primary N) is 1. The molecule has 0 saturated heterocycles. The van der Waals surface area contributed by atoms with E-state index in [9.17, 15) is 4.79 Å². The lowest BCUT2D eigenvalue weighted by atomic mass is 10.0. The van der Waals surface area contributed by atoms with E-state index in [2.05, 4.69) is 53.4 Å². The summed E-state index contributed by atoms with van der Waals surface area (Å²) in [5.74, 6) is 0.386. The van der Waals surface area contributed by atoms with Gasteiger partial charge < -0.3 is 15.4 Å². The highest BCUT2D eigenvalue weighted by Gasteiger charge is 2.25. The Labute approximate surface area is 191 Å². The van der Waals surface area contributed by atoms with Crippen molar-refractivity contribution in [3.8, 4) is 28.0 Å². The molecule has 1 aliphatic rings. The molecule has 0 aliphatic heterocycles. The molecule has 1 aliphatic carbocycles. The van der Waals surface area contributed by atoms with Crippen LogP contribution in [-0.4, -0.2) is 6.47 Å². The molecule has 5 aromatic rings. The third-order valence-corrected chi connectivity index (χ3v) is 6.21. The number of rotatable bonds is 5. The Kier molecular flexibility index (Phi) is 4.37. The second kappa shape index (κ2) is 7.53. The minimum Gasteiger partial charge on any atom is -0.426 e. The molecule has 0 aromatic heterocycles. The molecular formula is C29H20N2O2. The number of hydrogen-bond donors (Lipinski definition) is 1. The summed E-state index contributed by atoms with van der Waals surface area (Å²) in [7, 11) is 0. The van der Waals surface area contributed by atoms with Gasteiger partial charge in [-0.1, -0.05) is 60.7 Å². The van der Waals surface area contributed by atoms with E-state index in [1.54, 1.807) is 0 Å². The summed E-state index contributed by atoms with van der Waals surface area (Å²) in [4.78, 5) is 13.3. The second-order valence-electron chi connectivity index (χ2n) is 8.01. The Morgan fingerprint density at radius 3 is 2.00 bits per heavy atom. The number of nitrogens with zero attached hydrogens (tertiary/aromatic N) is 1. The van der Waals surface area contributed by atoms with Crippen LogP contribution in [0.1, 0.15) is 0 Å². The Morgan fingerprint density at radius 1 is 0.636 bits per heavy atom. The largest absolute Gasteiger partial charge is 0.426 e. The summed E-state index contributed by atoms with van der Waals surface area (Å²) in [6.45, 7) is 0.421. The van der Waals surface area contributed by atoms with Gasteiger partial charge in [0, 0.05) is 22.4 Å². The summed E-state index contributed by atoms with van der Waals surface area (Å²) in [5.41, 5.74) is 14.4. The van der Waals surface area contributed by atoms with Crippen molar-refractivity contribution in [3.63, 3.8) is 0 Å². The maximum Gasteiger partial charge on any atom is 0.298 e. The smallest absolute Gasteiger partial charge is 0.298 e. The van der Waals surface area contributed by atoms with Crippen LogP contribution in [0, 0.1) is 0 Å². The van der Waals surface area contributed by atoms with Crippen molar-refractivity contribution in [2.75, 3.05) is 10.6 Å². The monoisotopic (exact) mass is 428 g/mol. The molecular weight excluding hydrogens is 408 g/mol. The topological polar surface area (TPSA) is 55.6 Å². The minimum atomic E-state index is 0.386. The second-order valence-corrected chi connectivity index (χ2v) is 8.01. The van der Waals surface area contributed by atoms with Gasteiger partial charge in [0.1, 0.15) is 0 Å². The molecule has 4 heteroatoms. The summed E-state index contributed by atoms with van der Waals surface area (Å²) in [6, 6.07) is 35.1. The van der Waals surface area contributed by atoms with Crippen LogP contribution in [0.15, 0.2) is 103 Å². The van der Waals surface area contributed by atoms with Crippen LogP contribution < -0.4 is 15.4 Å². The predicted molar refractivity (Wildman–Crippen MR) is 134 cm³/mol. The number of fused-ring (bicyclic) bond motifs is 3. The number of benzene rings is 5. The lowest BCUT2D eigenvalue weighted by molar-refractivity contribution is -0.120. The lowest BCUT2D eigenvalue weighted by Crippen LogP contribution is -2.09. The van der Waals surface area contributed by atoms with Crippen molar-refractivity contribution < 1.29 is 9.53 Å². The summed E-state index contributed by atoms with van der Waals surface area (Å²) < 4.78 is 5.19. The van der Waals surface area contributed by atoms with Gasteiger partial charge in [0.2, 0.25) is 0 Å². The Balaban J connectivity index is 1.58. The first-order valence-corrected chi connectivity index (χ1v) is 10.8. The molecule has 158 valence electrons. The molecule has 6 rings (SSSR count). The van der Waals surface area contributed by atoms with Crippen LogP contribution in [0.4, 0.5) is 22.7 Å². The first-order valence-electron chi connectivity index (χ1n) is 10.8. The maximum absolute atomic E-state index is 11.0. The summed E-state index contributed by atoms with van der Waals surface area (Å²) in [5, 5.41) is 1.98. The van der Waals surface area contributed by atoms with Crippen molar-refractivity contribution in [1.29, 1.82) is 0 Å². The average molecular weight is 428 g/mol. The first kappa shape index (κ1) is 19.1. The maximum atomic E-state index is 11.0. The molecule has 0 heterocycles. The van der Waals surface area contributed by atoms with E-state index < -0.39 is 0 Å². The van der Waals surface area contributed by atoms with Crippen LogP contribution >= 0.6 is 0 Å². The third-order valence-electron chi connectivity index (χ3n) is 6.21. The zero-order valence-electron chi connectivity index (χ0n) is 17.7. The fourth-order valence-corrected chi connectivity index (χ4v) is 4.80. The zero-order valence-corrected chi connectivity index (χ0v) is 17.7. The quantitative estimate of drug-likeness (QED) is 0.236. The van der Waals surface area contributed by atoms with Crippen molar-refractivity contribution in [3.05, 3.63) is 103 Å². The van der Waals surface area contributed by atoms with Crippen LogP contribution in [-0.2, 0) is 4.79 Å². The Morgan fingerprint density at radius 2 is 1.33 bits per heavy atom. The number of para-hydroxylation sites is 2. The molecule has 0 fully saturated rings. The third kappa shape index (κ3) is 2.96. The van der Waals surface area contributed by atoms with E-state index in [1.165, 1.54) is 0 Å². The molecule has 0 radical (unpaired) electrons.